The predicted molar refractivity (Wildman–Crippen MR) is 126 cm³/mol. The number of phenols is 1. The van der Waals surface area contributed by atoms with Crippen molar-refractivity contribution >= 4 is 28.3 Å². The lowest BCUT2D eigenvalue weighted by molar-refractivity contribution is -0.137. The maximum absolute atomic E-state index is 12.6. The fraction of sp³-hybridized carbons (Fsp3) is 0.400. The minimum Gasteiger partial charge on any atom is -0.507 e. The number of hydrogen-bond acceptors (Lipinski definition) is 6. The summed E-state index contributed by atoms with van der Waals surface area (Å²) in [6.45, 7) is 5.24. The van der Waals surface area contributed by atoms with E-state index in [-0.39, 0.29) is 29.3 Å². The summed E-state index contributed by atoms with van der Waals surface area (Å²) in [6, 6.07) is 9.61. The van der Waals surface area contributed by atoms with Crippen molar-refractivity contribution in [2.45, 2.75) is 51.3 Å². The smallest absolute Gasteiger partial charge is 0.304 e. The molecule has 0 amide bonds. The van der Waals surface area contributed by atoms with E-state index in [1.165, 1.54) is 6.92 Å². The number of aliphatic carboxylic acids is 1. The maximum atomic E-state index is 12.6. The first-order valence-corrected chi connectivity index (χ1v) is 12.2. The number of aromatic hydroxyl groups is 1. The van der Waals surface area contributed by atoms with Crippen LogP contribution >= 0.6 is 0 Å². The molecule has 0 bridgehead atoms. The quantitative estimate of drug-likeness (QED) is 0.326. The second-order valence-electron chi connectivity index (χ2n) is 7.88. The molecule has 7 nitrogen and oxygen atoms in total. The number of rotatable bonds is 13. The van der Waals surface area contributed by atoms with Crippen molar-refractivity contribution in [2.24, 2.45) is 5.92 Å². The Morgan fingerprint density at radius 1 is 1.09 bits per heavy atom. The van der Waals surface area contributed by atoms with Crippen molar-refractivity contribution in [3.05, 3.63) is 53.1 Å². The third-order valence-electron chi connectivity index (χ3n) is 5.18. The Balaban J connectivity index is 1.93. The zero-order valence-electron chi connectivity index (χ0n) is 19.1. The number of Topliss-reactive ketones (excluding diaryl/α,β-unsaturated/α-hetero) is 2. The molecule has 2 rings (SSSR count). The third-order valence-corrected chi connectivity index (χ3v) is 6.64. The van der Waals surface area contributed by atoms with E-state index in [0.29, 0.717) is 47.0 Å². The molecule has 2 N–H and O–H groups in total. The molecule has 0 fully saturated rings. The Labute approximate surface area is 196 Å². The molecule has 0 aliphatic heterocycles. The molecule has 2 aromatic rings. The number of phenolic OH excluding ortho intramolecular Hbond substituents is 1. The Kier molecular flexibility index (Phi) is 9.78. The van der Waals surface area contributed by atoms with E-state index in [2.05, 4.69) is 0 Å². The maximum Gasteiger partial charge on any atom is 0.304 e. The summed E-state index contributed by atoms with van der Waals surface area (Å²) >= 11 is 0. The van der Waals surface area contributed by atoms with Gasteiger partial charge in [0, 0.05) is 27.7 Å². The molecule has 2 aromatic carbocycles. The molecule has 0 saturated heterocycles. The van der Waals surface area contributed by atoms with Gasteiger partial charge in [-0.25, -0.2) is 0 Å². The number of ether oxygens (including phenoxy) is 1. The van der Waals surface area contributed by atoms with E-state index in [0.717, 1.165) is 6.42 Å². The van der Waals surface area contributed by atoms with Crippen LogP contribution in [0.4, 0.5) is 0 Å². The number of benzene rings is 2. The Hall–Kier alpha value is -3.00. The highest BCUT2D eigenvalue weighted by Crippen LogP contribution is 2.33. The molecule has 33 heavy (non-hydrogen) atoms. The van der Waals surface area contributed by atoms with Gasteiger partial charge in [-0.05, 0) is 44.0 Å². The second-order valence-corrected chi connectivity index (χ2v) is 9.45. The lowest BCUT2D eigenvalue weighted by atomic mass is 9.97. The van der Waals surface area contributed by atoms with Gasteiger partial charge in [-0.15, -0.1) is 0 Å². The van der Waals surface area contributed by atoms with Gasteiger partial charge in [0.15, 0.2) is 11.6 Å². The van der Waals surface area contributed by atoms with E-state index in [1.807, 2.05) is 6.92 Å². The molecule has 0 saturated carbocycles. The number of carbonyl (C=O) groups is 3. The molecule has 0 aliphatic carbocycles. The zero-order chi connectivity index (χ0) is 24.5. The Morgan fingerprint density at radius 3 is 2.33 bits per heavy atom. The van der Waals surface area contributed by atoms with Crippen LogP contribution in [-0.2, 0) is 22.0 Å². The zero-order valence-corrected chi connectivity index (χ0v) is 19.9. The standard InChI is InChI=1S/C25H30O7S/c1-4-6-21-22(12-11-20(17(3)26)25(21)30)32-13-5-14-33(31)19-9-7-18(8-10-19)24(29)16(2)15-23(27)28/h7-12,16,30H,4-6,13-15H2,1-3H3,(H,27,28). The largest absolute Gasteiger partial charge is 0.507 e. The highest BCUT2D eigenvalue weighted by molar-refractivity contribution is 7.85. The molecular formula is C25H30O7S. The fourth-order valence-corrected chi connectivity index (χ4v) is 4.48. The van der Waals surface area contributed by atoms with Crippen LogP contribution in [0.5, 0.6) is 11.5 Å². The summed E-state index contributed by atoms with van der Waals surface area (Å²) in [7, 11) is -1.29. The van der Waals surface area contributed by atoms with Crippen molar-refractivity contribution in [1.29, 1.82) is 0 Å². The van der Waals surface area contributed by atoms with Crippen LogP contribution < -0.4 is 4.74 Å². The first kappa shape index (κ1) is 26.3. The number of carboxylic acids is 1. The van der Waals surface area contributed by atoms with Gasteiger partial charge in [-0.3, -0.25) is 18.6 Å². The van der Waals surface area contributed by atoms with E-state index in [9.17, 15) is 23.7 Å². The van der Waals surface area contributed by atoms with Crippen molar-refractivity contribution in [2.75, 3.05) is 12.4 Å². The van der Waals surface area contributed by atoms with Crippen LogP contribution in [0.15, 0.2) is 41.3 Å². The van der Waals surface area contributed by atoms with E-state index in [4.69, 9.17) is 9.84 Å². The fourth-order valence-electron chi connectivity index (χ4n) is 3.43. The highest BCUT2D eigenvalue weighted by atomic mass is 32.2. The van der Waals surface area contributed by atoms with Gasteiger partial charge in [0.2, 0.25) is 0 Å². The van der Waals surface area contributed by atoms with Gasteiger partial charge in [0.1, 0.15) is 11.5 Å². The summed E-state index contributed by atoms with van der Waals surface area (Å²) in [5.74, 6) is -1.30. The Morgan fingerprint density at radius 2 is 1.76 bits per heavy atom. The second kappa shape index (κ2) is 12.3. The minimum absolute atomic E-state index is 0.0438. The van der Waals surface area contributed by atoms with Crippen LogP contribution in [0.1, 0.15) is 66.3 Å². The molecule has 2 atom stereocenters. The van der Waals surface area contributed by atoms with Gasteiger partial charge in [0.25, 0.3) is 0 Å². The molecule has 0 heterocycles. The molecule has 0 aliphatic rings. The summed E-state index contributed by atoms with van der Waals surface area (Å²) < 4.78 is 18.4. The molecular weight excluding hydrogens is 444 g/mol. The van der Waals surface area contributed by atoms with Crippen molar-refractivity contribution in [3.63, 3.8) is 0 Å². The van der Waals surface area contributed by atoms with Crippen LogP contribution in [0.3, 0.4) is 0 Å². The summed E-state index contributed by atoms with van der Waals surface area (Å²) in [5.41, 5.74) is 1.26. The van der Waals surface area contributed by atoms with Crippen molar-refractivity contribution < 1.29 is 33.5 Å². The number of ketones is 2. The van der Waals surface area contributed by atoms with Crippen LogP contribution in [0.2, 0.25) is 0 Å². The first-order chi connectivity index (χ1) is 15.6. The average Bonchev–Trinajstić information content (AvgIpc) is 2.77. The van der Waals surface area contributed by atoms with Crippen molar-refractivity contribution in [1.82, 2.24) is 0 Å². The average molecular weight is 475 g/mol. The van der Waals surface area contributed by atoms with Crippen LogP contribution in [0.25, 0.3) is 0 Å². The number of hydrogen-bond donors (Lipinski definition) is 2. The SMILES string of the molecule is CCCc1c(OCCCS(=O)c2ccc(C(=O)C(C)CC(=O)O)cc2)ccc(C(C)=O)c1O. The normalized spacial score (nSPS) is 12.7. The molecule has 0 spiro atoms. The molecule has 8 heteroatoms. The van der Waals surface area contributed by atoms with Crippen LogP contribution in [0, 0.1) is 5.92 Å². The molecule has 2 unspecified atom stereocenters. The summed E-state index contributed by atoms with van der Waals surface area (Å²) in [4.78, 5) is 35.3. The minimum atomic E-state index is -1.29. The van der Waals surface area contributed by atoms with Gasteiger partial charge >= 0.3 is 5.97 Å². The lowest BCUT2D eigenvalue weighted by Crippen LogP contribution is -2.15. The number of carboxylic acid groups (broad SMARTS) is 1. The molecule has 178 valence electrons. The molecule has 0 aromatic heterocycles. The van der Waals surface area contributed by atoms with Crippen molar-refractivity contribution in [3.8, 4) is 11.5 Å². The van der Waals surface area contributed by atoms with Gasteiger partial charge in [-0.2, -0.15) is 0 Å². The predicted octanol–water partition coefficient (Wildman–Crippen LogP) is 4.42. The number of carbonyl (C=O) groups excluding carboxylic acids is 2. The first-order valence-electron chi connectivity index (χ1n) is 10.9. The van der Waals surface area contributed by atoms with E-state index >= 15 is 0 Å². The summed E-state index contributed by atoms with van der Waals surface area (Å²) in [6.07, 6.45) is 1.62. The van der Waals surface area contributed by atoms with Gasteiger partial charge in [0.05, 0.1) is 29.4 Å². The van der Waals surface area contributed by atoms with Gasteiger partial charge in [-0.1, -0.05) is 32.4 Å². The van der Waals surface area contributed by atoms with Gasteiger partial charge < -0.3 is 14.9 Å². The highest BCUT2D eigenvalue weighted by Gasteiger charge is 2.19. The molecule has 0 radical (unpaired) electrons. The lowest BCUT2D eigenvalue weighted by Gasteiger charge is -2.14. The summed E-state index contributed by atoms with van der Waals surface area (Å²) in [5, 5.41) is 19.2. The topological polar surface area (TPSA) is 118 Å². The monoisotopic (exact) mass is 474 g/mol. The van der Waals surface area contributed by atoms with E-state index in [1.54, 1.807) is 43.3 Å². The Bertz CT molecular complexity index is 1030. The van der Waals surface area contributed by atoms with Crippen LogP contribution in [-0.4, -0.2) is 44.3 Å². The van der Waals surface area contributed by atoms with E-state index < -0.39 is 22.7 Å². The third kappa shape index (κ3) is 7.25.